The van der Waals surface area contributed by atoms with Crippen molar-refractivity contribution in [2.75, 3.05) is 18.4 Å². The lowest BCUT2D eigenvalue weighted by Crippen LogP contribution is -2.41. The van der Waals surface area contributed by atoms with Crippen molar-refractivity contribution < 1.29 is 9.59 Å². The molecule has 0 bridgehead atoms. The van der Waals surface area contributed by atoms with E-state index in [1.165, 1.54) is 6.20 Å². The van der Waals surface area contributed by atoms with Gasteiger partial charge in [0.1, 0.15) is 5.82 Å². The molecule has 1 fully saturated rings. The van der Waals surface area contributed by atoms with Crippen LogP contribution in [0.15, 0.2) is 41.3 Å². The number of H-pyrrole nitrogens is 2. The normalized spacial score (nSPS) is 15.0. The van der Waals surface area contributed by atoms with Crippen molar-refractivity contribution in [3.63, 3.8) is 0 Å². The Morgan fingerprint density at radius 1 is 1.11 bits per heavy atom. The van der Waals surface area contributed by atoms with Crippen molar-refractivity contribution in [2.24, 2.45) is 5.92 Å². The van der Waals surface area contributed by atoms with Crippen molar-refractivity contribution in [3.05, 3.63) is 57.6 Å². The summed E-state index contributed by atoms with van der Waals surface area (Å²) in [5, 5.41) is 3.29. The first-order valence-corrected chi connectivity index (χ1v) is 9.31. The number of imidazole rings is 1. The maximum absolute atomic E-state index is 12.8. The van der Waals surface area contributed by atoms with Crippen LogP contribution in [0.5, 0.6) is 0 Å². The molecule has 9 heteroatoms. The minimum Gasteiger partial charge on any atom is -0.339 e. The van der Waals surface area contributed by atoms with Gasteiger partial charge in [0, 0.05) is 30.8 Å². The van der Waals surface area contributed by atoms with Crippen LogP contribution in [-0.2, 0) is 4.79 Å². The van der Waals surface area contributed by atoms with Gasteiger partial charge < -0.3 is 20.2 Å². The quantitative estimate of drug-likeness (QED) is 0.627. The Morgan fingerprint density at radius 2 is 1.86 bits per heavy atom. The van der Waals surface area contributed by atoms with E-state index < -0.39 is 0 Å². The van der Waals surface area contributed by atoms with E-state index in [9.17, 15) is 14.4 Å². The summed E-state index contributed by atoms with van der Waals surface area (Å²) in [5.74, 6) is 0.0714. The van der Waals surface area contributed by atoms with E-state index in [2.05, 4.69) is 20.3 Å². The summed E-state index contributed by atoms with van der Waals surface area (Å²) in [5.41, 5.74) is 1.46. The minimum atomic E-state index is -0.304. The second kappa shape index (κ2) is 7.47. The number of nitrogens with one attached hydrogen (secondary N) is 3. The summed E-state index contributed by atoms with van der Waals surface area (Å²) in [6.07, 6.45) is 2.63. The molecule has 3 heterocycles. The number of pyridine rings is 1. The van der Waals surface area contributed by atoms with Gasteiger partial charge in [0.15, 0.2) is 0 Å². The SMILES string of the molecule is O=C(Nc1ccc(Cl)cn1)C1CCN(C(=O)c2ccc3[nH]c(=O)[nH]c3c2)CC1. The summed E-state index contributed by atoms with van der Waals surface area (Å²) in [4.78, 5) is 47.6. The van der Waals surface area contributed by atoms with E-state index in [1.54, 1.807) is 35.2 Å². The summed E-state index contributed by atoms with van der Waals surface area (Å²) >= 11 is 5.79. The molecular weight excluding hydrogens is 382 g/mol. The number of hydrogen-bond acceptors (Lipinski definition) is 4. The minimum absolute atomic E-state index is 0.103. The molecule has 28 heavy (non-hydrogen) atoms. The van der Waals surface area contributed by atoms with Gasteiger partial charge in [-0.15, -0.1) is 0 Å². The van der Waals surface area contributed by atoms with Gasteiger partial charge in [-0.3, -0.25) is 9.59 Å². The lowest BCUT2D eigenvalue weighted by molar-refractivity contribution is -0.121. The zero-order valence-electron chi connectivity index (χ0n) is 14.9. The molecule has 2 aromatic heterocycles. The molecule has 0 spiro atoms. The fraction of sp³-hybridized carbons (Fsp3) is 0.263. The van der Waals surface area contributed by atoms with Gasteiger partial charge in [-0.2, -0.15) is 0 Å². The lowest BCUT2D eigenvalue weighted by Gasteiger charge is -2.31. The highest BCUT2D eigenvalue weighted by atomic mass is 35.5. The number of carbonyl (C=O) groups excluding carboxylic acids is 2. The van der Waals surface area contributed by atoms with E-state index in [0.717, 1.165) is 0 Å². The number of piperidine rings is 1. The summed E-state index contributed by atoms with van der Waals surface area (Å²) in [6.45, 7) is 0.985. The predicted octanol–water partition coefficient (Wildman–Crippen LogP) is 2.40. The van der Waals surface area contributed by atoms with Crippen LogP contribution in [0.25, 0.3) is 11.0 Å². The van der Waals surface area contributed by atoms with Gasteiger partial charge in [-0.25, -0.2) is 9.78 Å². The Hall–Kier alpha value is -3.13. The second-order valence-electron chi connectivity index (χ2n) is 6.76. The second-order valence-corrected chi connectivity index (χ2v) is 7.19. The first kappa shape index (κ1) is 18.2. The number of fused-ring (bicyclic) bond motifs is 1. The molecule has 1 saturated heterocycles. The average Bonchev–Trinajstić information content (AvgIpc) is 3.08. The van der Waals surface area contributed by atoms with E-state index in [1.807, 2.05) is 0 Å². The van der Waals surface area contributed by atoms with Crippen LogP contribution >= 0.6 is 11.6 Å². The smallest absolute Gasteiger partial charge is 0.323 e. The zero-order valence-corrected chi connectivity index (χ0v) is 15.6. The molecule has 0 aliphatic carbocycles. The van der Waals surface area contributed by atoms with Gasteiger partial charge in [-0.1, -0.05) is 11.6 Å². The molecule has 0 radical (unpaired) electrons. The first-order chi connectivity index (χ1) is 13.5. The van der Waals surface area contributed by atoms with E-state index >= 15 is 0 Å². The third-order valence-corrected chi connectivity index (χ3v) is 5.12. The summed E-state index contributed by atoms with van der Waals surface area (Å²) in [7, 11) is 0. The highest BCUT2D eigenvalue weighted by Gasteiger charge is 2.28. The Kier molecular flexibility index (Phi) is 4.87. The van der Waals surface area contributed by atoms with Crippen molar-refractivity contribution in [1.29, 1.82) is 0 Å². The Bertz CT molecular complexity index is 1080. The molecule has 1 aliphatic heterocycles. The third-order valence-electron chi connectivity index (χ3n) is 4.89. The number of aromatic amines is 2. The van der Waals surface area contributed by atoms with E-state index in [-0.39, 0.29) is 23.4 Å². The number of rotatable bonds is 3. The highest BCUT2D eigenvalue weighted by molar-refractivity contribution is 6.30. The number of aromatic nitrogens is 3. The van der Waals surface area contributed by atoms with Crippen molar-refractivity contribution >= 4 is 40.3 Å². The molecule has 3 aromatic rings. The number of carbonyl (C=O) groups is 2. The molecule has 3 N–H and O–H groups in total. The number of hydrogen-bond donors (Lipinski definition) is 3. The molecule has 144 valence electrons. The maximum atomic E-state index is 12.8. The fourth-order valence-electron chi connectivity index (χ4n) is 3.37. The van der Waals surface area contributed by atoms with Crippen LogP contribution in [0.1, 0.15) is 23.2 Å². The van der Waals surface area contributed by atoms with Crippen LogP contribution in [0.2, 0.25) is 5.02 Å². The number of amides is 2. The Labute approximate surface area is 164 Å². The average molecular weight is 400 g/mol. The molecular formula is C19H18ClN5O3. The van der Waals surface area contributed by atoms with Gasteiger partial charge in [-0.05, 0) is 43.2 Å². The molecule has 1 aromatic carbocycles. The molecule has 8 nitrogen and oxygen atoms in total. The van der Waals surface area contributed by atoms with Gasteiger partial charge in [0.2, 0.25) is 5.91 Å². The molecule has 0 saturated carbocycles. The fourth-order valence-corrected chi connectivity index (χ4v) is 3.48. The van der Waals surface area contributed by atoms with Gasteiger partial charge in [0.25, 0.3) is 5.91 Å². The van der Waals surface area contributed by atoms with Crippen LogP contribution in [-0.4, -0.2) is 44.8 Å². The molecule has 0 atom stereocenters. The molecule has 2 amide bonds. The van der Waals surface area contributed by atoms with Crippen LogP contribution in [0, 0.1) is 5.92 Å². The third kappa shape index (κ3) is 3.77. The van der Waals surface area contributed by atoms with Gasteiger partial charge in [0.05, 0.1) is 16.1 Å². The van der Waals surface area contributed by atoms with E-state index in [4.69, 9.17) is 11.6 Å². The first-order valence-electron chi connectivity index (χ1n) is 8.93. The van der Waals surface area contributed by atoms with E-state index in [0.29, 0.717) is 53.4 Å². The Morgan fingerprint density at radius 3 is 2.57 bits per heavy atom. The Balaban J connectivity index is 1.37. The van der Waals surface area contributed by atoms with Crippen molar-refractivity contribution in [2.45, 2.75) is 12.8 Å². The number of benzene rings is 1. The van der Waals surface area contributed by atoms with Gasteiger partial charge >= 0.3 is 5.69 Å². The number of anilines is 1. The number of likely N-dealkylation sites (tertiary alicyclic amines) is 1. The largest absolute Gasteiger partial charge is 0.339 e. The summed E-state index contributed by atoms with van der Waals surface area (Å²) < 4.78 is 0. The topological polar surface area (TPSA) is 111 Å². The predicted molar refractivity (Wildman–Crippen MR) is 105 cm³/mol. The molecule has 4 rings (SSSR count). The molecule has 0 unspecified atom stereocenters. The zero-order chi connectivity index (χ0) is 19.7. The summed E-state index contributed by atoms with van der Waals surface area (Å²) in [6, 6.07) is 8.39. The monoisotopic (exact) mass is 399 g/mol. The lowest BCUT2D eigenvalue weighted by atomic mass is 9.95. The number of nitrogens with zero attached hydrogens (tertiary/aromatic N) is 2. The number of halogens is 1. The van der Waals surface area contributed by atoms with Crippen LogP contribution in [0.3, 0.4) is 0 Å². The highest BCUT2D eigenvalue weighted by Crippen LogP contribution is 2.22. The van der Waals surface area contributed by atoms with Crippen LogP contribution in [0.4, 0.5) is 5.82 Å². The molecule has 1 aliphatic rings. The van der Waals surface area contributed by atoms with Crippen molar-refractivity contribution in [3.8, 4) is 0 Å². The van der Waals surface area contributed by atoms with Crippen LogP contribution < -0.4 is 11.0 Å². The standard InChI is InChI=1S/C19H18ClN5O3/c20-13-2-4-16(21-10-13)24-17(26)11-5-7-25(8-6-11)18(27)12-1-3-14-15(9-12)23-19(28)22-14/h1-4,9-11H,5-8H2,(H,21,24,26)(H2,22,23,28). The maximum Gasteiger partial charge on any atom is 0.323 e. The van der Waals surface area contributed by atoms with Crippen molar-refractivity contribution in [1.82, 2.24) is 19.9 Å².